The zero-order valence-corrected chi connectivity index (χ0v) is 4.20. The highest BCUT2D eigenvalue weighted by molar-refractivity contribution is 6.36. The van der Waals surface area contributed by atoms with E-state index < -0.39 is 13.3 Å². The second-order valence-corrected chi connectivity index (χ2v) is 1.02. The average Bonchev–Trinajstić information content (AvgIpc) is 1.65. The van der Waals surface area contributed by atoms with Crippen LogP contribution in [0.15, 0.2) is 0 Å². The van der Waals surface area contributed by atoms with Crippen LogP contribution < -0.4 is 0 Å². The highest BCUT2D eigenvalue weighted by Gasteiger charge is 2.18. The Morgan fingerprint density at radius 3 is 2.38 bits per heavy atom. The molecule has 0 atom stereocenters. The van der Waals surface area contributed by atoms with E-state index in [0.717, 1.165) is 6.92 Å². The van der Waals surface area contributed by atoms with E-state index >= 15 is 0 Å². The smallest absolute Gasteiger partial charge is 0.484 e. The van der Waals surface area contributed by atoms with Gasteiger partial charge in [0.05, 0.1) is 0 Å². The normalized spacial score (nSPS) is 8.38. The quantitative estimate of drug-likeness (QED) is 0.278. The summed E-state index contributed by atoms with van der Waals surface area (Å²) in [6, 6.07) is 0. The second kappa shape index (κ2) is 3.42. The van der Waals surface area contributed by atoms with Crippen molar-refractivity contribution in [2.75, 3.05) is 0 Å². The van der Waals surface area contributed by atoms with Gasteiger partial charge in [0, 0.05) is 6.92 Å². The van der Waals surface area contributed by atoms with Crippen LogP contribution in [-0.2, 0) is 14.3 Å². The highest BCUT2D eigenvalue weighted by Crippen LogP contribution is 1.80. The number of hydrogen-bond donors (Lipinski definition) is 2. The molecule has 46 valence electrons. The van der Waals surface area contributed by atoms with Gasteiger partial charge in [0.1, 0.15) is 0 Å². The summed E-state index contributed by atoms with van der Waals surface area (Å²) in [5.41, 5.74) is 0. The Labute approximate surface area is 45.9 Å². The number of rotatable bonds is 2. The van der Waals surface area contributed by atoms with E-state index in [0.29, 0.717) is 0 Å². The first-order valence-electron chi connectivity index (χ1n) is 1.82. The molecule has 0 aromatic carbocycles. The van der Waals surface area contributed by atoms with Crippen molar-refractivity contribution in [1.82, 2.24) is 0 Å². The van der Waals surface area contributed by atoms with Crippen molar-refractivity contribution in [3.05, 3.63) is 0 Å². The van der Waals surface area contributed by atoms with Gasteiger partial charge in [0.2, 0.25) is 0 Å². The highest BCUT2D eigenvalue weighted by atomic mass is 17.1. The van der Waals surface area contributed by atoms with E-state index in [1.807, 2.05) is 0 Å². The summed E-state index contributed by atoms with van der Waals surface area (Å²) in [4.78, 5) is 13.0. The monoisotopic (exact) mass is 120 g/mol. The van der Waals surface area contributed by atoms with Crippen LogP contribution >= 0.6 is 0 Å². The first-order valence-corrected chi connectivity index (χ1v) is 1.82. The van der Waals surface area contributed by atoms with Crippen LogP contribution in [-0.4, -0.2) is 23.6 Å². The van der Waals surface area contributed by atoms with Gasteiger partial charge in [-0.3, -0.25) is 10.1 Å². The standard InChI is InChI=1S/C2H5BO5/c1-2(4)7-3(5)8-6/h5-6H,1H3. The lowest BCUT2D eigenvalue weighted by Crippen LogP contribution is -2.23. The Morgan fingerprint density at radius 2 is 2.25 bits per heavy atom. The Balaban J connectivity index is 3.24. The van der Waals surface area contributed by atoms with E-state index in [1.54, 1.807) is 0 Å². The minimum atomic E-state index is -1.87. The lowest BCUT2D eigenvalue weighted by Gasteiger charge is -1.97. The fourth-order valence-electron chi connectivity index (χ4n) is 0.163. The lowest BCUT2D eigenvalue weighted by atomic mass is 10.3. The fraction of sp³-hybridized carbons (Fsp3) is 0.500. The van der Waals surface area contributed by atoms with Gasteiger partial charge in [0.25, 0.3) is 5.97 Å². The number of carbonyl (C=O) groups excluding carboxylic acids is 1. The molecule has 6 heteroatoms. The van der Waals surface area contributed by atoms with E-state index in [2.05, 4.69) is 9.46 Å². The summed E-state index contributed by atoms with van der Waals surface area (Å²) >= 11 is 0. The maximum absolute atomic E-state index is 9.84. The molecule has 0 saturated carbocycles. The molecule has 0 aromatic rings. The Morgan fingerprint density at radius 1 is 1.75 bits per heavy atom. The van der Waals surface area contributed by atoms with Crippen LogP contribution in [0.25, 0.3) is 0 Å². The Kier molecular flexibility index (Phi) is 3.17. The molecule has 8 heavy (non-hydrogen) atoms. The largest absolute Gasteiger partial charge is 0.740 e. The molecule has 0 aliphatic carbocycles. The summed E-state index contributed by atoms with van der Waals surface area (Å²) in [5, 5.41) is 15.7. The van der Waals surface area contributed by atoms with E-state index in [9.17, 15) is 4.79 Å². The average molecular weight is 120 g/mol. The van der Waals surface area contributed by atoms with E-state index in [-0.39, 0.29) is 0 Å². The number of hydrogen-bond acceptors (Lipinski definition) is 5. The molecule has 0 radical (unpaired) electrons. The molecule has 0 unspecified atom stereocenters. The van der Waals surface area contributed by atoms with Crippen molar-refractivity contribution in [3.63, 3.8) is 0 Å². The lowest BCUT2D eigenvalue weighted by molar-refractivity contribution is -0.182. The molecule has 0 bridgehead atoms. The predicted octanol–water partition coefficient (Wildman–Crippen LogP) is -0.984. The van der Waals surface area contributed by atoms with Crippen molar-refractivity contribution in [3.8, 4) is 0 Å². The van der Waals surface area contributed by atoms with Gasteiger partial charge in [-0.2, -0.15) is 0 Å². The summed E-state index contributed by atoms with van der Waals surface area (Å²) in [6.07, 6.45) is 0. The minimum absolute atomic E-state index is 0.730. The summed E-state index contributed by atoms with van der Waals surface area (Å²) < 4.78 is 3.84. The molecule has 0 spiro atoms. The molecular weight excluding hydrogens is 115 g/mol. The third kappa shape index (κ3) is 3.60. The van der Waals surface area contributed by atoms with Crippen LogP contribution in [0.3, 0.4) is 0 Å². The summed E-state index contributed by atoms with van der Waals surface area (Å²) in [7, 11) is -1.87. The van der Waals surface area contributed by atoms with Gasteiger partial charge < -0.3 is 9.68 Å². The van der Waals surface area contributed by atoms with E-state index in [1.165, 1.54) is 0 Å². The van der Waals surface area contributed by atoms with Crippen molar-refractivity contribution in [1.29, 1.82) is 0 Å². The molecule has 0 aromatic heterocycles. The summed E-state index contributed by atoms with van der Waals surface area (Å²) in [6.45, 7) is 1.07. The third-order valence-electron chi connectivity index (χ3n) is 0.357. The molecule has 0 amide bonds. The van der Waals surface area contributed by atoms with Crippen molar-refractivity contribution >= 4 is 13.3 Å². The van der Waals surface area contributed by atoms with Crippen LogP contribution in [0.2, 0.25) is 0 Å². The first kappa shape index (κ1) is 7.41. The molecule has 0 fully saturated rings. The SMILES string of the molecule is CC(=O)OB(O)OO. The van der Waals surface area contributed by atoms with Gasteiger partial charge in [-0.15, -0.1) is 0 Å². The molecular formula is C2H5BO5. The zero-order valence-electron chi connectivity index (χ0n) is 4.20. The Hall–Kier alpha value is -0.585. The molecule has 0 saturated heterocycles. The van der Waals surface area contributed by atoms with Gasteiger partial charge in [-0.05, 0) is 0 Å². The van der Waals surface area contributed by atoms with E-state index in [4.69, 9.17) is 10.3 Å². The predicted molar refractivity (Wildman–Crippen MR) is 23.5 cm³/mol. The molecule has 0 aliphatic rings. The second-order valence-electron chi connectivity index (χ2n) is 1.02. The number of carbonyl (C=O) groups is 1. The van der Waals surface area contributed by atoms with Gasteiger partial charge >= 0.3 is 7.32 Å². The molecule has 0 aliphatic heterocycles. The summed E-state index contributed by atoms with van der Waals surface area (Å²) in [5.74, 6) is -0.730. The molecule has 0 heterocycles. The molecule has 2 N–H and O–H groups in total. The molecule has 0 rings (SSSR count). The van der Waals surface area contributed by atoms with Crippen LogP contribution in [0.1, 0.15) is 6.92 Å². The topological polar surface area (TPSA) is 76.0 Å². The fourth-order valence-corrected chi connectivity index (χ4v) is 0.163. The zero-order chi connectivity index (χ0) is 6.57. The molecule has 5 nitrogen and oxygen atoms in total. The van der Waals surface area contributed by atoms with Crippen molar-refractivity contribution in [2.45, 2.75) is 6.92 Å². The van der Waals surface area contributed by atoms with Gasteiger partial charge in [-0.25, -0.2) is 4.81 Å². The maximum Gasteiger partial charge on any atom is 0.740 e. The van der Waals surface area contributed by atoms with Crippen molar-refractivity contribution in [2.24, 2.45) is 0 Å². The first-order chi connectivity index (χ1) is 3.66. The Bertz CT molecular complexity index is 82.5. The van der Waals surface area contributed by atoms with Crippen molar-refractivity contribution < 1.29 is 24.5 Å². The minimum Gasteiger partial charge on any atom is -0.484 e. The van der Waals surface area contributed by atoms with Crippen LogP contribution in [0.5, 0.6) is 0 Å². The van der Waals surface area contributed by atoms with Gasteiger partial charge in [0.15, 0.2) is 0 Å². The van der Waals surface area contributed by atoms with Crippen LogP contribution in [0.4, 0.5) is 0 Å². The van der Waals surface area contributed by atoms with Gasteiger partial charge in [-0.1, -0.05) is 0 Å². The third-order valence-corrected chi connectivity index (χ3v) is 0.357. The maximum atomic E-state index is 9.84. The van der Waals surface area contributed by atoms with Crippen LogP contribution in [0, 0.1) is 0 Å².